The van der Waals surface area contributed by atoms with Gasteiger partial charge in [-0.25, -0.2) is 9.78 Å². The van der Waals surface area contributed by atoms with Gasteiger partial charge in [0, 0.05) is 18.5 Å². The Kier molecular flexibility index (Phi) is 3.58. The predicted octanol–water partition coefficient (Wildman–Crippen LogP) is 0.183. The van der Waals surface area contributed by atoms with Crippen molar-refractivity contribution < 1.29 is 14.3 Å². The van der Waals surface area contributed by atoms with Gasteiger partial charge >= 0.3 is 6.03 Å². The first kappa shape index (κ1) is 13.3. The molecule has 2 saturated heterocycles. The molecular weight excluding hydrogens is 280 g/mol. The van der Waals surface area contributed by atoms with Crippen LogP contribution in [0.2, 0.25) is 0 Å². The number of carbonyl (C=O) groups excluding carboxylic acids is 2. The minimum Gasteiger partial charge on any atom is -0.374 e. The van der Waals surface area contributed by atoms with Gasteiger partial charge in [0.1, 0.15) is 5.69 Å². The zero-order valence-corrected chi connectivity index (χ0v) is 11.6. The molecule has 2 aliphatic rings. The van der Waals surface area contributed by atoms with E-state index in [0.29, 0.717) is 18.8 Å². The average Bonchev–Trinajstić information content (AvgIpc) is 3.07. The number of nitrogens with two attached hydrogens (primary N) is 1. The van der Waals surface area contributed by atoms with Crippen molar-refractivity contribution in [3.63, 3.8) is 0 Å². The number of rotatable bonds is 2. The number of nitrogens with zero attached hydrogens (tertiary/aromatic N) is 2. The molecule has 108 valence electrons. The molecule has 0 radical (unpaired) electrons. The Balaban J connectivity index is 1.73. The molecule has 3 amide bonds. The number of aromatic nitrogens is 1. The third-order valence-corrected chi connectivity index (χ3v) is 4.38. The van der Waals surface area contributed by atoms with Gasteiger partial charge in [0.15, 0.2) is 0 Å². The first-order valence-corrected chi connectivity index (χ1v) is 7.48. The molecule has 0 aromatic carbocycles. The Morgan fingerprint density at radius 3 is 3.10 bits per heavy atom. The molecule has 0 aliphatic carbocycles. The Labute approximate surface area is 120 Å². The van der Waals surface area contributed by atoms with Crippen LogP contribution in [-0.2, 0) is 4.74 Å². The number of likely N-dealkylation sites (tertiary alicyclic amines) is 1. The molecule has 2 aliphatic heterocycles. The lowest BCUT2D eigenvalue weighted by atomic mass is 10.0. The van der Waals surface area contributed by atoms with E-state index in [1.54, 1.807) is 15.8 Å². The van der Waals surface area contributed by atoms with Gasteiger partial charge in [0.25, 0.3) is 5.91 Å². The molecule has 8 heteroatoms. The molecule has 0 unspecified atom stereocenters. The van der Waals surface area contributed by atoms with E-state index in [-0.39, 0.29) is 24.1 Å². The van der Waals surface area contributed by atoms with E-state index in [1.165, 1.54) is 11.3 Å². The third-order valence-electron chi connectivity index (χ3n) is 3.79. The second kappa shape index (κ2) is 5.37. The molecule has 7 nitrogen and oxygen atoms in total. The fourth-order valence-electron chi connectivity index (χ4n) is 2.90. The van der Waals surface area contributed by atoms with Crippen molar-refractivity contribution in [3.05, 3.63) is 16.6 Å². The highest BCUT2D eigenvalue weighted by molar-refractivity contribution is 7.07. The lowest BCUT2D eigenvalue weighted by molar-refractivity contribution is -0.0141. The van der Waals surface area contributed by atoms with Gasteiger partial charge in [-0.1, -0.05) is 0 Å². The highest BCUT2D eigenvalue weighted by atomic mass is 32.1. The summed E-state index contributed by atoms with van der Waals surface area (Å²) in [4.78, 5) is 29.1. The van der Waals surface area contributed by atoms with Gasteiger partial charge in [-0.05, 0) is 12.8 Å². The number of fused-ring (bicyclic) bond motifs is 1. The van der Waals surface area contributed by atoms with Crippen molar-refractivity contribution in [2.24, 2.45) is 5.73 Å². The molecule has 3 N–H and O–H groups in total. The summed E-state index contributed by atoms with van der Waals surface area (Å²) < 4.78 is 5.73. The molecule has 1 aromatic heterocycles. The number of primary amides is 1. The van der Waals surface area contributed by atoms with Gasteiger partial charge in [-0.15, -0.1) is 11.3 Å². The van der Waals surface area contributed by atoms with Crippen LogP contribution in [0, 0.1) is 0 Å². The maximum atomic E-state index is 12.1. The molecule has 3 rings (SSSR count). The second-order valence-corrected chi connectivity index (χ2v) is 5.71. The minimum atomic E-state index is -0.462. The Morgan fingerprint density at radius 1 is 1.55 bits per heavy atom. The average molecular weight is 296 g/mol. The van der Waals surface area contributed by atoms with Gasteiger partial charge in [-0.3, -0.25) is 4.79 Å². The topological polar surface area (TPSA) is 97.6 Å². The van der Waals surface area contributed by atoms with Crippen molar-refractivity contribution in [1.29, 1.82) is 0 Å². The summed E-state index contributed by atoms with van der Waals surface area (Å²) in [5.41, 5.74) is 7.40. The van der Waals surface area contributed by atoms with E-state index in [9.17, 15) is 9.59 Å². The number of thiazole rings is 1. The van der Waals surface area contributed by atoms with E-state index in [4.69, 9.17) is 10.5 Å². The quantitative estimate of drug-likeness (QED) is 0.813. The number of amides is 3. The van der Waals surface area contributed by atoms with E-state index in [2.05, 4.69) is 10.3 Å². The molecule has 0 bridgehead atoms. The lowest BCUT2D eigenvalue weighted by Crippen LogP contribution is -2.48. The van der Waals surface area contributed by atoms with Gasteiger partial charge in [0.05, 0.1) is 23.7 Å². The van der Waals surface area contributed by atoms with E-state index < -0.39 is 6.03 Å². The first-order valence-electron chi connectivity index (χ1n) is 6.53. The summed E-state index contributed by atoms with van der Waals surface area (Å²) in [6.07, 6.45) is 1.58. The van der Waals surface area contributed by atoms with Crippen molar-refractivity contribution in [2.45, 2.75) is 31.0 Å². The zero-order chi connectivity index (χ0) is 14.1. The molecule has 2 fully saturated rings. The summed E-state index contributed by atoms with van der Waals surface area (Å²) in [5, 5.41) is 4.59. The Hall–Kier alpha value is -1.67. The summed E-state index contributed by atoms with van der Waals surface area (Å²) in [7, 11) is 0. The highest BCUT2D eigenvalue weighted by Crippen LogP contribution is 2.28. The fourth-order valence-corrected chi connectivity index (χ4v) is 3.44. The van der Waals surface area contributed by atoms with E-state index in [0.717, 1.165) is 12.8 Å². The number of ether oxygens (including phenoxy) is 1. The van der Waals surface area contributed by atoms with Crippen molar-refractivity contribution in [3.8, 4) is 0 Å². The maximum absolute atomic E-state index is 12.1. The van der Waals surface area contributed by atoms with Crippen LogP contribution in [0.1, 0.15) is 23.3 Å². The SMILES string of the molecule is NC(=O)N1C[C@H](NC(=O)c2cscn2)[C@@H]2OCCC[C@@H]21. The van der Waals surface area contributed by atoms with Crippen LogP contribution in [0.4, 0.5) is 4.79 Å². The van der Waals surface area contributed by atoms with Crippen LogP contribution < -0.4 is 11.1 Å². The van der Waals surface area contributed by atoms with Crippen molar-refractivity contribution >= 4 is 23.3 Å². The van der Waals surface area contributed by atoms with Gasteiger partial charge in [0.2, 0.25) is 0 Å². The molecular formula is C12H16N4O3S. The Bertz CT molecular complexity index is 507. The lowest BCUT2D eigenvalue weighted by Gasteiger charge is -2.31. The van der Waals surface area contributed by atoms with Crippen LogP contribution in [0.25, 0.3) is 0 Å². The summed E-state index contributed by atoms with van der Waals surface area (Å²) in [6.45, 7) is 1.04. The standard InChI is InChI=1S/C12H16N4O3S/c13-12(18)16-4-7(10-9(16)2-1-3-19-10)15-11(17)8-5-20-6-14-8/h5-7,9-10H,1-4H2,(H2,13,18)(H,15,17)/t7-,9-,10-/m0/s1. The number of hydrogen-bond donors (Lipinski definition) is 2. The van der Waals surface area contributed by atoms with E-state index >= 15 is 0 Å². The number of nitrogens with one attached hydrogen (secondary N) is 1. The third kappa shape index (κ3) is 2.36. The zero-order valence-electron chi connectivity index (χ0n) is 10.8. The molecule has 3 heterocycles. The minimum absolute atomic E-state index is 0.0398. The van der Waals surface area contributed by atoms with Crippen LogP contribution in [-0.4, -0.2) is 53.2 Å². The molecule has 0 saturated carbocycles. The van der Waals surface area contributed by atoms with E-state index in [1.807, 2.05) is 0 Å². The normalized spacial score (nSPS) is 29.0. The van der Waals surface area contributed by atoms with Crippen molar-refractivity contribution in [1.82, 2.24) is 15.2 Å². The summed E-state index contributed by atoms with van der Waals surface area (Å²) in [6, 6.07) is -0.736. The number of urea groups is 1. The largest absolute Gasteiger partial charge is 0.374 e. The van der Waals surface area contributed by atoms with Crippen LogP contribution >= 0.6 is 11.3 Å². The molecule has 20 heavy (non-hydrogen) atoms. The molecule has 0 spiro atoms. The smallest absolute Gasteiger partial charge is 0.315 e. The molecule has 3 atom stereocenters. The van der Waals surface area contributed by atoms with Crippen LogP contribution in [0.3, 0.4) is 0 Å². The Morgan fingerprint density at radius 2 is 2.40 bits per heavy atom. The van der Waals surface area contributed by atoms with Crippen molar-refractivity contribution in [2.75, 3.05) is 13.2 Å². The summed E-state index contributed by atoms with van der Waals surface area (Å²) >= 11 is 1.37. The maximum Gasteiger partial charge on any atom is 0.315 e. The first-order chi connectivity index (χ1) is 9.66. The molecule has 1 aromatic rings. The second-order valence-electron chi connectivity index (χ2n) is 4.99. The fraction of sp³-hybridized carbons (Fsp3) is 0.583. The van der Waals surface area contributed by atoms with Crippen LogP contribution in [0.5, 0.6) is 0 Å². The van der Waals surface area contributed by atoms with Gasteiger partial charge in [-0.2, -0.15) is 0 Å². The number of hydrogen-bond acceptors (Lipinski definition) is 5. The summed E-state index contributed by atoms with van der Waals surface area (Å²) in [5.74, 6) is -0.240. The van der Waals surface area contributed by atoms with Crippen LogP contribution in [0.15, 0.2) is 10.9 Å². The highest BCUT2D eigenvalue weighted by Gasteiger charge is 2.46. The predicted molar refractivity (Wildman–Crippen MR) is 72.4 cm³/mol. The monoisotopic (exact) mass is 296 g/mol. The number of carbonyl (C=O) groups is 2. The van der Waals surface area contributed by atoms with Gasteiger partial charge < -0.3 is 20.7 Å².